The van der Waals surface area contributed by atoms with Crippen LogP contribution in [-0.4, -0.2) is 0 Å². The first kappa shape index (κ1) is 21.1. The van der Waals surface area contributed by atoms with Gasteiger partial charge in [0.2, 0.25) is 0 Å². The zero-order valence-electron chi connectivity index (χ0n) is 16.3. The van der Waals surface area contributed by atoms with Gasteiger partial charge in [0.25, 0.3) is 0 Å². The minimum atomic E-state index is -0.826. The fourth-order valence-electron chi connectivity index (χ4n) is 4.38. The monoisotopic (exact) mass is 473 g/mol. The summed E-state index contributed by atoms with van der Waals surface area (Å²) < 4.78 is 0. The maximum atomic E-state index is 4.93. The molecule has 0 bridgehead atoms. The van der Waals surface area contributed by atoms with Crippen molar-refractivity contribution in [2.24, 2.45) is 0 Å². The van der Waals surface area contributed by atoms with Gasteiger partial charge in [0.1, 0.15) is 0 Å². The second kappa shape index (κ2) is 9.25. The predicted octanol–water partition coefficient (Wildman–Crippen LogP) is 7.81. The van der Waals surface area contributed by atoms with Gasteiger partial charge in [0, 0.05) is 0 Å². The molecule has 0 nitrogen and oxygen atoms in total. The van der Waals surface area contributed by atoms with Crippen LogP contribution in [0.1, 0.15) is 62.8 Å². The quantitative estimate of drug-likeness (QED) is 0.397. The summed E-state index contributed by atoms with van der Waals surface area (Å²) in [6.07, 6.45) is 13.0. The van der Waals surface area contributed by atoms with E-state index in [9.17, 15) is 0 Å². The van der Waals surface area contributed by atoms with E-state index in [0.29, 0.717) is 11.8 Å². The van der Waals surface area contributed by atoms with Crippen LogP contribution in [-0.2, 0) is 20.8 Å². The number of hydrogen-bond acceptors (Lipinski definition) is 0. The van der Waals surface area contributed by atoms with Crippen molar-refractivity contribution in [3.05, 3.63) is 87.3 Å². The van der Waals surface area contributed by atoms with Crippen LogP contribution in [0.2, 0.25) is 0 Å². The van der Waals surface area contributed by atoms with Crippen molar-refractivity contribution < 1.29 is 20.8 Å². The SMILES string of the molecule is Cc1ccc(C)c2c1C=CC2[CH-]CC1C=Cc2c(C)ccc(C)c21.[Cl][Zr][Cl]. The Hall–Kier alpha value is -0.617. The Kier molecular flexibility index (Phi) is 7.23. The van der Waals surface area contributed by atoms with Crippen molar-refractivity contribution in [2.45, 2.75) is 46.0 Å². The molecule has 0 saturated carbocycles. The Bertz CT molecular complexity index is 822. The number of rotatable bonds is 3. The van der Waals surface area contributed by atoms with E-state index >= 15 is 0 Å². The van der Waals surface area contributed by atoms with E-state index in [-0.39, 0.29) is 0 Å². The average molecular weight is 476 g/mol. The van der Waals surface area contributed by atoms with Crippen LogP contribution in [0.3, 0.4) is 0 Å². The minimum absolute atomic E-state index is 0.461. The molecule has 2 aromatic rings. The van der Waals surface area contributed by atoms with E-state index in [0.717, 1.165) is 6.42 Å². The van der Waals surface area contributed by atoms with Gasteiger partial charge in [-0.1, -0.05) is 48.1 Å². The second-order valence-corrected chi connectivity index (χ2v) is 11.2. The summed E-state index contributed by atoms with van der Waals surface area (Å²) in [6, 6.07) is 9.02. The van der Waals surface area contributed by atoms with E-state index in [4.69, 9.17) is 17.0 Å². The third-order valence-corrected chi connectivity index (χ3v) is 5.76. The van der Waals surface area contributed by atoms with Gasteiger partial charge in [0.05, 0.1) is 0 Å². The molecule has 3 heteroatoms. The number of hydrogen-bond donors (Lipinski definition) is 0. The van der Waals surface area contributed by atoms with Crippen molar-refractivity contribution in [3.63, 3.8) is 0 Å². The third-order valence-electron chi connectivity index (χ3n) is 5.76. The molecule has 2 unspecified atom stereocenters. The molecule has 0 saturated heterocycles. The third kappa shape index (κ3) is 4.37. The Morgan fingerprint density at radius 1 is 0.778 bits per heavy atom. The first-order valence-electron chi connectivity index (χ1n) is 9.34. The molecule has 2 atom stereocenters. The summed E-state index contributed by atoms with van der Waals surface area (Å²) in [5.74, 6) is 0.991. The van der Waals surface area contributed by atoms with Crippen LogP contribution < -0.4 is 0 Å². The van der Waals surface area contributed by atoms with Gasteiger partial charge in [-0.15, -0.1) is 12.0 Å². The van der Waals surface area contributed by atoms with Crippen LogP contribution in [0.5, 0.6) is 0 Å². The average Bonchev–Trinajstić information content (AvgIpc) is 3.26. The van der Waals surface area contributed by atoms with Gasteiger partial charge in [-0.3, -0.25) is 0 Å². The number of allylic oxidation sites excluding steroid dienone is 2. The van der Waals surface area contributed by atoms with Crippen LogP contribution >= 0.6 is 17.0 Å². The number of aryl methyl sites for hydroxylation is 4. The first-order valence-corrected chi connectivity index (χ1v) is 15.7. The molecule has 2 aliphatic carbocycles. The van der Waals surface area contributed by atoms with Gasteiger partial charge < -0.3 is 6.42 Å². The van der Waals surface area contributed by atoms with Crippen LogP contribution in [0.25, 0.3) is 12.2 Å². The molecule has 0 fully saturated rings. The van der Waals surface area contributed by atoms with E-state index in [1.807, 2.05) is 0 Å². The van der Waals surface area contributed by atoms with Crippen LogP contribution in [0, 0.1) is 34.1 Å². The van der Waals surface area contributed by atoms with Gasteiger partial charge in [0.15, 0.2) is 0 Å². The summed E-state index contributed by atoms with van der Waals surface area (Å²) in [5, 5.41) is 0. The summed E-state index contributed by atoms with van der Waals surface area (Å²) >= 11 is -0.826. The molecule has 0 radical (unpaired) electrons. The zero-order chi connectivity index (χ0) is 19.6. The molecule has 140 valence electrons. The topological polar surface area (TPSA) is 0 Å². The molecule has 27 heavy (non-hydrogen) atoms. The molecule has 0 heterocycles. The van der Waals surface area contributed by atoms with E-state index in [1.165, 1.54) is 44.5 Å². The van der Waals surface area contributed by atoms with Gasteiger partial charge >= 0.3 is 37.9 Å². The normalized spacial score (nSPS) is 18.7. The maximum absolute atomic E-state index is 4.93. The van der Waals surface area contributed by atoms with Gasteiger partial charge in [-0.2, -0.15) is 6.42 Å². The molecule has 2 aliphatic rings. The Morgan fingerprint density at radius 3 is 1.89 bits per heavy atom. The molecular weight excluding hydrogens is 450 g/mol. The van der Waals surface area contributed by atoms with Crippen molar-refractivity contribution in [3.8, 4) is 0 Å². The van der Waals surface area contributed by atoms with E-state index in [2.05, 4.69) is 82.7 Å². The Balaban J connectivity index is 0.000000659. The summed E-state index contributed by atoms with van der Waals surface area (Å²) in [5.41, 5.74) is 11.6. The van der Waals surface area contributed by atoms with Gasteiger partial charge in [-0.05, 0) is 72.6 Å². The van der Waals surface area contributed by atoms with E-state index < -0.39 is 20.8 Å². The van der Waals surface area contributed by atoms with Crippen molar-refractivity contribution in [2.75, 3.05) is 0 Å². The molecule has 0 N–H and O–H groups in total. The predicted molar refractivity (Wildman–Crippen MR) is 116 cm³/mol. The van der Waals surface area contributed by atoms with Crippen LogP contribution in [0.15, 0.2) is 36.4 Å². The van der Waals surface area contributed by atoms with Gasteiger partial charge in [-0.25, -0.2) is 0 Å². The standard InChI is InChI=1S/C24H25.2ClH.Zr/c1-15-5-7-17(3)23-19(11-13-21(15)23)9-10-20-12-14-22-16(2)6-8-18(4)24(20)22;;;/h5-9,11-14,19-20H,10H2,1-4H3;2*1H;/q-1;;;+2/p-2. The molecule has 0 aromatic heterocycles. The zero-order valence-corrected chi connectivity index (χ0v) is 20.3. The molecule has 0 amide bonds. The van der Waals surface area contributed by atoms with Crippen molar-refractivity contribution in [1.29, 1.82) is 0 Å². The summed E-state index contributed by atoms with van der Waals surface area (Å²) in [7, 11) is 9.87. The fourth-order valence-corrected chi connectivity index (χ4v) is 4.38. The Labute approximate surface area is 182 Å². The summed E-state index contributed by atoms with van der Waals surface area (Å²) in [4.78, 5) is 0. The van der Waals surface area contributed by atoms with Crippen molar-refractivity contribution in [1.82, 2.24) is 0 Å². The summed E-state index contributed by atoms with van der Waals surface area (Å²) in [6.45, 7) is 8.92. The first-order chi connectivity index (χ1) is 13.0. The van der Waals surface area contributed by atoms with E-state index in [1.54, 1.807) is 0 Å². The number of benzene rings is 2. The number of halogens is 2. The molecule has 4 rings (SSSR count). The molecular formula is C24H25Cl2Zr-. The van der Waals surface area contributed by atoms with Crippen LogP contribution in [0.4, 0.5) is 0 Å². The second-order valence-electron chi connectivity index (χ2n) is 7.45. The molecule has 2 aromatic carbocycles. The Morgan fingerprint density at radius 2 is 1.26 bits per heavy atom. The molecule has 0 spiro atoms. The van der Waals surface area contributed by atoms with Crippen molar-refractivity contribution >= 4 is 29.2 Å². The molecule has 0 aliphatic heterocycles. The number of fused-ring (bicyclic) bond motifs is 2. The fraction of sp³-hybridized carbons (Fsp3) is 0.292.